The SMILES string of the molecule is Cc1cc(Nc2ncccc2C)cc([C@H]2CCCN(C(=O)C3CCCC3)C2)n1. The molecule has 2 aliphatic rings. The Bertz CT molecular complexity index is 844. The van der Waals surface area contributed by atoms with E-state index in [0.717, 1.165) is 67.2 Å². The summed E-state index contributed by atoms with van der Waals surface area (Å²) >= 11 is 0. The zero-order chi connectivity index (χ0) is 19.5. The Labute approximate surface area is 167 Å². The van der Waals surface area contributed by atoms with Gasteiger partial charge < -0.3 is 10.2 Å². The monoisotopic (exact) mass is 378 g/mol. The van der Waals surface area contributed by atoms with E-state index >= 15 is 0 Å². The van der Waals surface area contributed by atoms with Gasteiger partial charge in [-0.2, -0.15) is 0 Å². The smallest absolute Gasteiger partial charge is 0.225 e. The lowest BCUT2D eigenvalue weighted by molar-refractivity contribution is -0.136. The molecule has 0 spiro atoms. The van der Waals surface area contributed by atoms with Gasteiger partial charge in [0.05, 0.1) is 0 Å². The van der Waals surface area contributed by atoms with Crippen LogP contribution in [-0.4, -0.2) is 33.9 Å². The summed E-state index contributed by atoms with van der Waals surface area (Å²) in [6.07, 6.45) is 8.50. The molecule has 1 atom stereocenters. The minimum Gasteiger partial charge on any atom is -0.342 e. The van der Waals surface area contributed by atoms with Gasteiger partial charge in [-0.05, 0) is 63.3 Å². The highest BCUT2D eigenvalue weighted by Crippen LogP contribution is 2.32. The molecule has 1 N–H and O–H groups in total. The molecular weight excluding hydrogens is 348 g/mol. The van der Waals surface area contributed by atoms with Gasteiger partial charge in [-0.3, -0.25) is 9.78 Å². The molecule has 1 amide bonds. The van der Waals surface area contributed by atoms with Crippen LogP contribution in [0.5, 0.6) is 0 Å². The van der Waals surface area contributed by atoms with Gasteiger partial charge in [0.1, 0.15) is 5.82 Å². The first-order valence-electron chi connectivity index (χ1n) is 10.6. The van der Waals surface area contributed by atoms with Crippen LogP contribution >= 0.6 is 0 Å². The first kappa shape index (κ1) is 18.9. The number of hydrogen-bond acceptors (Lipinski definition) is 4. The summed E-state index contributed by atoms with van der Waals surface area (Å²) in [4.78, 5) is 24.2. The summed E-state index contributed by atoms with van der Waals surface area (Å²) in [7, 11) is 0. The second-order valence-corrected chi connectivity index (χ2v) is 8.32. The molecule has 1 saturated heterocycles. The van der Waals surface area contributed by atoms with Crippen LogP contribution < -0.4 is 5.32 Å². The van der Waals surface area contributed by atoms with Gasteiger partial charge in [-0.1, -0.05) is 18.9 Å². The van der Waals surface area contributed by atoms with E-state index in [0.29, 0.717) is 11.8 Å². The number of nitrogens with zero attached hydrogens (tertiary/aromatic N) is 3. The standard InChI is InChI=1S/C23H30N4O/c1-16-7-5-11-24-22(16)26-20-13-17(2)25-21(14-20)19-10-6-12-27(15-19)23(28)18-8-3-4-9-18/h5,7,11,13-14,18-19H,3-4,6,8-10,12,15H2,1-2H3,(H,24,25,26)/t19-/m0/s1. The van der Waals surface area contributed by atoms with E-state index in [1.165, 1.54) is 12.8 Å². The molecule has 2 aromatic rings. The summed E-state index contributed by atoms with van der Waals surface area (Å²) in [6, 6.07) is 8.19. The number of hydrogen-bond donors (Lipinski definition) is 1. The van der Waals surface area contributed by atoms with E-state index in [1.54, 1.807) is 6.20 Å². The molecule has 5 heteroatoms. The molecule has 5 nitrogen and oxygen atoms in total. The van der Waals surface area contributed by atoms with Crippen LogP contribution in [0, 0.1) is 19.8 Å². The number of likely N-dealkylation sites (tertiary alicyclic amines) is 1. The van der Waals surface area contributed by atoms with Crippen LogP contribution in [0.1, 0.15) is 61.4 Å². The largest absolute Gasteiger partial charge is 0.342 e. The fourth-order valence-electron chi connectivity index (χ4n) is 4.58. The number of aromatic nitrogens is 2. The predicted molar refractivity (Wildman–Crippen MR) is 112 cm³/mol. The van der Waals surface area contributed by atoms with E-state index in [-0.39, 0.29) is 5.92 Å². The molecule has 0 radical (unpaired) electrons. The maximum absolute atomic E-state index is 12.9. The Kier molecular flexibility index (Phi) is 5.60. The Morgan fingerprint density at radius 2 is 1.96 bits per heavy atom. The number of carbonyl (C=O) groups excluding carboxylic acids is 1. The van der Waals surface area contributed by atoms with Gasteiger partial charge >= 0.3 is 0 Å². The van der Waals surface area contributed by atoms with Gasteiger partial charge in [0.25, 0.3) is 0 Å². The minimum atomic E-state index is 0.258. The van der Waals surface area contributed by atoms with E-state index in [2.05, 4.69) is 40.3 Å². The van der Waals surface area contributed by atoms with E-state index in [1.807, 2.05) is 13.0 Å². The highest BCUT2D eigenvalue weighted by molar-refractivity contribution is 5.79. The van der Waals surface area contributed by atoms with Crippen molar-refractivity contribution in [2.75, 3.05) is 18.4 Å². The fourth-order valence-corrected chi connectivity index (χ4v) is 4.58. The number of nitrogens with one attached hydrogen (secondary N) is 1. The molecule has 2 aromatic heterocycles. The van der Waals surface area contributed by atoms with Crippen molar-refractivity contribution in [3.8, 4) is 0 Å². The molecule has 0 aromatic carbocycles. The third-order valence-corrected chi connectivity index (χ3v) is 6.10. The second-order valence-electron chi connectivity index (χ2n) is 8.32. The van der Waals surface area contributed by atoms with Crippen molar-refractivity contribution in [2.45, 2.75) is 58.3 Å². The average molecular weight is 379 g/mol. The number of carbonyl (C=O) groups is 1. The summed E-state index contributed by atoms with van der Waals surface area (Å²) in [5.74, 6) is 1.82. The number of anilines is 2. The van der Waals surface area contributed by atoms with Crippen LogP contribution in [-0.2, 0) is 4.79 Å². The van der Waals surface area contributed by atoms with E-state index in [9.17, 15) is 4.79 Å². The third-order valence-electron chi connectivity index (χ3n) is 6.10. The van der Waals surface area contributed by atoms with E-state index < -0.39 is 0 Å². The first-order valence-corrected chi connectivity index (χ1v) is 10.6. The summed E-state index contributed by atoms with van der Waals surface area (Å²) in [6.45, 7) is 5.78. The van der Waals surface area contributed by atoms with Crippen molar-refractivity contribution < 1.29 is 4.79 Å². The lowest BCUT2D eigenvalue weighted by Crippen LogP contribution is -2.42. The Hall–Kier alpha value is -2.43. The zero-order valence-corrected chi connectivity index (χ0v) is 16.9. The maximum atomic E-state index is 12.9. The summed E-state index contributed by atoms with van der Waals surface area (Å²) < 4.78 is 0. The van der Waals surface area contributed by atoms with Gasteiger partial charge in [-0.25, -0.2) is 4.98 Å². The van der Waals surface area contributed by atoms with Crippen LogP contribution in [0.2, 0.25) is 0 Å². The van der Waals surface area contributed by atoms with Crippen molar-refractivity contribution in [3.63, 3.8) is 0 Å². The van der Waals surface area contributed by atoms with Crippen molar-refractivity contribution in [2.24, 2.45) is 5.92 Å². The molecule has 4 rings (SSSR count). The van der Waals surface area contributed by atoms with Gasteiger partial charge in [-0.15, -0.1) is 0 Å². The third kappa shape index (κ3) is 4.18. The van der Waals surface area contributed by atoms with Crippen LogP contribution in [0.3, 0.4) is 0 Å². The van der Waals surface area contributed by atoms with Crippen molar-refractivity contribution in [1.29, 1.82) is 0 Å². The number of piperidine rings is 1. The average Bonchev–Trinajstić information content (AvgIpc) is 3.24. The second kappa shape index (κ2) is 8.29. The molecule has 28 heavy (non-hydrogen) atoms. The summed E-state index contributed by atoms with van der Waals surface area (Å²) in [5.41, 5.74) is 4.21. The molecule has 0 bridgehead atoms. The highest BCUT2D eigenvalue weighted by Gasteiger charge is 2.31. The van der Waals surface area contributed by atoms with Gasteiger partial charge in [0.2, 0.25) is 5.91 Å². The number of rotatable bonds is 4. The highest BCUT2D eigenvalue weighted by atomic mass is 16.2. The fraction of sp³-hybridized carbons (Fsp3) is 0.522. The molecule has 1 saturated carbocycles. The number of amides is 1. The van der Waals surface area contributed by atoms with Crippen LogP contribution in [0.25, 0.3) is 0 Å². The Morgan fingerprint density at radius 3 is 2.75 bits per heavy atom. The Morgan fingerprint density at radius 1 is 1.14 bits per heavy atom. The predicted octanol–water partition coefficient (Wildman–Crippen LogP) is 4.73. The summed E-state index contributed by atoms with van der Waals surface area (Å²) in [5, 5.41) is 3.44. The van der Waals surface area contributed by atoms with Crippen molar-refractivity contribution in [1.82, 2.24) is 14.9 Å². The lowest BCUT2D eigenvalue weighted by Gasteiger charge is -2.34. The molecule has 2 fully saturated rings. The van der Waals surface area contributed by atoms with Gasteiger partial charge in [0.15, 0.2) is 0 Å². The topological polar surface area (TPSA) is 58.1 Å². The molecule has 1 aliphatic carbocycles. The maximum Gasteiger partial charge on any atom is 0.225 e. The number of pyridine rings is 2. The van der Waals surface area contributed by atoms with Gasteiger partial charge in [0, 0.05) is 48.2 Å². The lowest BCUT2D eigenvalue weighted by atomic mass is 9.92. The number of aryl methyl sites for hydroxylation is 2. The van der Waals surface area contributed by atoms with Crippen LogP contribution in [0.15, 0.2) is 30.5 Å². The van der Waals surface area contributed by atoms with E-state index in [4.69, 9.17) is 4.98 Å². The Balaban J connectivity index is 1.51. The van der Waals surface area contributed by atoms with Crippen molar-refractivity contribution in [3.05, 3.63) is 47.4 Å². The molecule has 148 valence electrons. The first-order chi connectivity index (χ1) is 13.6. The zero-order valence-electron chi connectivity index (χ0n) is 16.9. The molecule has 3 heterocycles. The minimum absolute atomic E-state index is 0.258. The van der Waals surface area contributed by atoms with Crippen LogP contribution in [0.4, 0.5) is 11.5 Å². The molecular formula is C23H30N4O. The quantitative estimate of drug-likeness (QED) is 0.835. The molecule has 1 aliphatic heterocycles. The normalized spacial score (nSPS) is 20.4. The van der Waals surface area contributed by atoms with Crippen molar-refractivity contribution >= 4 is 17.4 Å². The molecule has 0 unspecified atom stereocenters.